The maximum absolute atomic E-state index is 11.6. The number of hydrogen-bond acceptors (Lipinski definition) is 6. The number of hydrazone groups is 1. The molecular weight excluding hydrogens is 442 g/mol. The van der Waals surface area contributed by atoms with Gasteiger partial charge in [0, 0.05) is 25.0 Å². The van der Waals surface area contributed by atoms with Crippen molar-refractivity contribution >= 4 is 29.0 Å². The first kappa shape index (κ1) is 23.1. The summed E-state index contributed by atoms with van der Waals surface area (Å²) in [4.78, 5) is 11.6. The molecule has 7 nitrogen and oxygen atoms in total. The van der Waals surface area contributed by atoms with Crippen molar-refractivity contribution in [3.05, 3.63) is 58.1 Å². The maximum atomic E-state index is 11.6. The summed E-state index contributed by atoms with van der Waals surface area (Å²) in [6, 6.07) is 12.7. The highest BCUT2D eigenvalue weighted by Crippen LogP contribution is 2.39. The number of carboxylic acids is 1. The Morgan fingerprint density at radius 1 is 1.24 bits per heavy atom. The van der Waals surface area contributed by atoms with Gasteiger partial charge in [-0.2, -0.15) is 10.4 Å². The Morgan fingerprint density at radius 3 is 2.70 bits per heavy atom. The molecule has 0 bridgehead atoms. The van der Waals surface area contributed by atoms with Gasteiger partial charge in [-0.25, -0.2) is 4.79 Å². The van der Waals surface area contributed by atoms with E-state index in [1.54, 1.807) is 30.3 Å². The van der Waals surface area contributed by atoms with Gasteiger partial charge in [0.25, 0.3) is 0 Å². The van der Waals surface area contributed by atoms with Gasteiger partial charge in [0.1, 0.15) is 17.4 Å². The SMILES string of the molecule is N#Cc1ccc(N2N=C(c3ccc(C(=O)O)c(OCCCO)c3)C[C@@H]2C2CCCC2)cc1Cl. The molecule has 172 valence electrons. The molecule has 0 radical (unpaired) electrons. The minimum absolute atomic E-state index is 0.0278. The number of carbonyl (C=O) groups is 1. The molecule has 2 aromatic carbocycles. The predicted molar refractivity (Wildman–Crippen MR) is 126 cm³/mol. The molecular formula is C25H26ClN3O4. The van der Waals surface area contributed by atoms with E-state index in [9.17, 15) is 15.2 Å². The highest BCUT2D eigenvalue weighted by molar-refractivity contribution is 6.32. The molecule has 8 heteroatoms. The van der Waals surface area contributed by atoms with Crippen molar-refractivity contribution in [2.45, 2.75) is 44.6 Å². The molecule has 1 aliphatic carbocycles. The van der Waals surface area contributed by atoms with Crippen LogP contribution in [0.25, 0.3) is 0 Å². The molecule has 1 fully saturated rings. The molecule has 1 saturated carbocycles. The van der Waals surface area contributed by atoms with E-state index in [0.717, 1.165) is 36.2 Å². The number of benzene rings is 2. The average Bonchev–Trinajstić information content (AvgIpc) is 3.49. The van der Waals surface area contributed by atoms with E-state index in [1.807, 2.05) is 11.1 Å². The van der Waals surface area contributed by atoms with E-state index in [2.05, 4.69) is 6.07 Å². The zero-order chi connectivity index (χ0) is 23.4. The summed E-state index contributed by atoms with van der Waals surface area (Å²) in [5.41, 5.74) is 3.02. The first-order valence-corrected chi connectivity index (χ1v) is 11.6. The quantitative estimate of drug-likeness (QED) is 0.538. The second kappa shape index (κ2) is 10.2. The average molecular weight is 468 g/mol. The number of nitrogens with zero attached hydrogens (tertiary/aromatic N) is 3. The van der Waals surface area contributed by atoms with Crippen molar-refractivity contribution in [2.75, 3.05) is 18.2 Å². The molecule has 4 rings (SSSR count). The molecule has 1 heterocycles. The number of hydrogen-bond donors (Lipinski definition) is 2. The number of aliphatic hydroxyl groups excluding tert-OH is 1. The number of rotatable bonds is 8. The molecule has 0 saturated heterocycles. The van der Waals surface area contributed by atoms with Crippen LogP contribution in [-0.4, -0.2) is 41.1 Å². The Bertz CT molecular complexity index is 1110. The first-order valence-electron chi connectivity index (χ1n) is 11.2. The summed E-state index contributed by atoms with van der Waals surface area (Å²) < 4.78 is 5.66. The summed E-state index contributed by atoms with van der Waals surface area (Å²) in [6.45, 7) is 0.202. The number of ether oxygens (including phenoxy) is 1. The van der Waals surface area contributed by atoms with Crippen LogP contribution in [0.4, 0.5) is 5.69 Å². The largest absolute Gasteiger partial charge is 0.493 e. The van der Waals surface area contributed by atoms with Gasteiger partial charge in [-0.15, -0.1) is 0 Å². The lowest BCUT2D eigenvalue weighted by Gasteiger charge is -2.28. The van der Waals surface area contributed by atoms with Gasteiger partial charge in [0.2, 0.25) is 0 Å². The number of aromatic carboxylic acids is 1. The lowest BCUT2D eigenvalue weighted by Crippen LogP contribution is -2.32. The number of anilines is 1. The third-order valence-corrected chi connectivity index (χ3v) is 6.64. The van der Waals surface area contributed by atoms with Gasteiger partial charge in [-0.3, -0.25) is 5.01 Å². The highest BCUT2D eigenvalue weighted by Gasteiger charge is 2.36. The second-order valence-corrected chi connectivity index (χ2v) is 8.83. The normalized spacial score (nSPS) is 18.3. The Labute approximate surface area is 197 Å². The van der Waals surface area contributed by atoms with Gasteiger partial charge >= 0.3 is 5.97 Å². The summed E-state index contributed by atoms with van der Waals surface area (Å²) >= 11 is 6.31. The van der Waals surface area contributed by atoms with E-state index >= 15 is 0 Å². The van der Waals surface area contributed by atoms with Crippen LogP contribution in [0.5, 0.6) is 5.75 Å². The molecule has 1 atom stereocenters. The van der Waals surface area contributed by atoms with E-state index in [-0.39, 0.29) is 30.6 Å². The van der Waals surface area contributed by atoms with Crippen molar-refractivity contribution in [3.63, 3.8) is 0 Å². The van der Waals surface area contributed by atoms with Crippen molar-refractivity contribution in [2.24, 2.45) is 11.0 Å². The van der Waals surface area contributed by atoms with Crippen LogP contribution in [0.15, 0.2) is 41.5 Å². The van der Waals surface area contributed by atoms with Crippen LogP contribution in [0.3, 0.4) is 0 Å². The summed E-state index contributed by atoms with van der Waals surface area (Å²) in [5, 5.41) is 35.1. The molecule has 2 aliphatic rings. The zero-order valence-corrected chi connectivity index (χ0v) is 19.0. The van der Waals surface area contributed by atoms with E-state index < -0.39 is 5.97 Å². The third-order valence-electron chi connectivity index (χ3n) is 6.33. The van der Waals surface area contributed by atoms with Gasteiger partial charge < -0.3 is 14.9 Å². The van der Waals surface area contributed by atoms with Crippen LogP contribution in [0, 0.1) is 17.2 Å². The number of halogens is 1. The van der Waals surface area contributed by atoms with E-state index in [4.69, 9.17) is 26.5 Å². The third kappa shape index (κ3) is 4.97. The smallest absolute Gasteiger partial charge is 0.339 e. The molecule has 0 spiro atoms. The lowest BCUT2D eigenvalue weighted by atomic mass is 9.91. The topological polar surface area (TPSA) is 106 Å². The van der Waals surface area contributed by atoms with Crippen LogP contribution >= 0.6 is 11.6 Å². The summed E-state index contributed by atoms with van der Waals surface area (Å²) in [6.07, 6.45) is 5.83. The molecule has 1 aliphatic heterocycles. The van der Waals surface area contributed by atoms with Crippen molar-refractivity contribution < 1.29 is 19.7 Å². The molecule has 2 N–H and O–H groups in total. The van der Waals surface area contributed by atoms with Crippen LogP contribution < -0.4 is 9.75 Å². The van der Waals surface area contributed by atoms with Crippen molar-refractivity contribution in [1.82, 2.24) is 0 Å². The number of carboxylic acid groups (broad SMARTS) is 1. The van der Waals surface area contributed by atoms with Crippen LogP contribution in [-0.2, 0) is 0 Å². The lowest BCUT2D eigenvalue weighted by molar-refractivity contribution is 0.0692. The summed E-state index contributed by atoms with van der Waals surface area (Å²) in [7, 11) is 0. The van der Waals surface area contributed by atoms with E-state index in [0.29, 0.717) is 22.9 Å². The van der Waals surface area contributed by atoms with Gasteiger partial charge in [-0.05, 0) is 49.1 Å². The van der Waals surface area contributed by atoms with Crippen LogP contribution in [0.1, 0.15) is 60.0 Å². The fraction of sp³-hybridized carbons (Fsp3) is 0.400. The monoisotopic (exact) mass is 467 g/mol. The minimum atomic E-state index is -1.06. The van der Waals surface area contributed by atoms with Gasteiger partial charge in [-0.1, -0.05) is 30.5 Å². The van der Waals surface area contributed by atoms with Crippen molar-refractivity contribution in [1.29, 1.82) is 5.26 Å². The predicted octanol–water partition coefficient (Wildman–Crippen LogP) is 4.84. The number of nitriles is 1. The molecule has 0 unspecified atom stereocenters. The molecule has 33 heavy (non-hydrogen) atoms. The van der Waals surface area contributed by atoms with Gasteiger partial charge in [0.05, 0.1) is 34.6 Å². The first-order chi connectivity index (χ1) is 16.0. The molecule has 0 amide bonds. The zero-order valence-electron chi connectivity index (χ0n) is 18.2. The molecule has 2 aromatic rings. The second-order valence-electron chi connectivity index (χ2n) is 8.42. The minimum Gasteiger partial charge on any atom is -0.493 e. The fourth-order valence-corrected chi connectivity index (χ4v) is 4.86. The number of aliphatic hydroxyl groups is 1. The Morgan fingerprint density at radius 2 is 2.03 bits per heavy atom. The Balaban J connectivity index is 1.69. The van der Waals surface area contributed by atoms with Gasteiger partial charge in [0.15, 0.2) is 0 Å². The summed E-state index contributed by atoms with van der Waals surface area (Å²) in [5.74, 6) is -0.292. The Hall–Kier alpha value is -3.08. The van der Waals surface area contributed by atoms with Crippen LogP contribution in [0.2, 0.25) is 5.02 Å². The highest BCUT2D eigenvalue weighted by atomic mass is 35.5. The fourth-order valence-electron chi connectivity index (χ4n) is 4.64. The maximum Gasteiger partial charge on any atom is 0.339 e. The molecule has 0 aromatic heterocycles. The van der Waals surface area contributed by atoms with E-state index in [1.165, 1.54) is 12.8 Å². The van der Waals surface area contributed by atoms with Crippen molar-refractivity contribution in [3.8, 4) is 11.8 Å². The Kier molecular flexibility index (Phi) is 7.17. The standard InChI is InChI=1S/C25H26ClN3O4/c26-21-13-19(8-6-18(21)15-27)29-23(16-4-1-2-5-16)14-22(28-29)17-7-9-20(25(31)32)24(12-17)33-11-3-10-30/h6-9,12-13,16,23,30H,1-5,10-11,14H2,(H,31,32)/t23-/m1/s1.